The van der Waals surface area contributed by atoms with Crippen molar-refractivity contribution < 1.29 is 0 Å². The Kier molecular flexibility index (Phi) is 7.97. The quantitative estimate of drug-likeness (QED) is 0.160. The largest absolute Gasteiger partial charge is 0.311 e. The van der Waals surface area contributed by atoms with Crippen LogP contribution in [0.2, 0.25) is 0 Å². The molecule has 6 aromatic carbocycles. The first kappa shape index (κ1) is 39.1. The minimum Gasteiger partial charge on any atom is -0.311 e. The summed E-state index contributed by atoms with van der Waals surface area (Å²) in [7, 11) is 0. The summed E-state index contributed by atoms with van der Waals surface area (Å²) in [6.45, 7) is 31.7. The van der Waals surface area contributed by atoms with Gasteiger partial charge in [0, 0.05) is 48.9 Å². The fraction of sp³-hybridized carbons (Fsp3) is 0.368. The number of thiophene rings is 1. The molecule has 0 fully saturated rings. The van der Waals surface area contributed by atoms with Gasteiger partial charge in [-0.3, -0.25) is 0 Å². The molecular formula is C57H61BN2S. The van der Waals surface area contributed by atoms with Gasteiger partial charge in [-0.05, 0) is 163 Å². The van der Waals surface area contributed by atoms with Gasteiger partial charge in [0.15, 0.2) is 0 Å². The Morgan fingerprint density at radius 1 is 0.508 bits per heavy atom. The van der Waals surface area contributed by atoms with Gasteiger partial charge in [0.1, 0.15) is 0 Å². The third kappa shape index (κ3) is 5.46. The molecule has 0 bridgehead atoms. The number of nitrogens with zero attached hydrogens (tertiary/aromatic N) is 2. The zero-order valence-corrected chi connectivity index (χ0v) is 39.6. The number of anilines is 6. The van der Waals surface area contributed by atoms with Crippen LogP contribution in [0, 0.1) is 13.8 Å². The van der Waals surface area contributed by atoms with Crippen molar-refractivity contribution in [1.29, 1.82) is 0 Å². The minimum atomic E-state index is -0.0824. The van der Waals surface area contributed by atoms with Crippen molar-refractivity contribution in [3.8, 4) is 0 Å². The van der Waals surface area contributed by atoms with Gasteiger partial charge < -0.3 is 9.80 Å². The predicted molar refractivity (Wildman–Crippen MR) is 267 cm³/mol. The zero-order valence-electron chi connectivity index (χ0n) is 38.7. The highest BCUT2D eigenvalue weighted by molar-refractivity contribution is 7.28. The Morgan fingerprint density at radius 2 is 1.08 bits per heavy atom. The van der Waals surface area contributed by atoms with Crippen molar-refractivity contribution in [2.75, 3.05) is 9.80 Å². The molecule has 3 heterocycles. The van der Waals surface area contributed by atoms with Crippen LogP contribution in [0.25, 0.3) is 20.2 Å². The van der Waals surface area contributed by atoms with Crippen LogP contribution < -0.4 is 26.2 Å². The van der Waals surface area contributed by atoms with Gasteiger partial charge in [-0.2, -0.15) is 0 Å². The van der Waals surface area contributed by atoms with Crippen molar-refractivity contribution in [1.82, 2.24) is 0 Å². The van der Waals surface area contributed by atoms with E-state index in [-0.39, 0.29) is 33.8 Å². The van der Waals surface area contributed by atoms with Gasteiger partial charge in [0.2, 0.25) is 0 Å². The van der Waals surface area contributed by atoms with Crippen molar-refractivity contribution in [2.24, 2.45) is 0 Å². The van der Waals surface area contributed by atoms with Gasteiger partial charge in [-0.25, -0.2) is 0 Å². The minimum absolute atomic E-state index is 0.0513. The molecule has 0 unspecified atom stereocenters. The van der Waals surface area contributed by atoms with E-state index in [1.165, 1.54) is 122 Å². The first-order valence-electron chi connectivity index (χ1n) is 22.8. The molecule has 0 saturated carbocycles. The first-order chi connectivity index (χ1) is 28.7. The van der Waals surface area contributed by atoms with E-state index in [1.54, 1.807) is 0 Å². The highest BCUT2D eigenvalue weighted by atomic mass is 32.1. The molecule has 0 spiro atoms. The van der Waals surface area contributed by atoms with Crippen molar-refractivity contribution in [2.45, 2.75) is 136 Å². The lowest BCUT2D eigenvalue weighted by Gasteiger charge is -2.47. The van der Waals surface area contributed by atoms with Crippen LogP contribution in [-0.4, -0.2) is 6.71 Å². The number of fused-ring (bicyclic) bond motifs is 10. The second-order valence-electron chi connectivity index (χ2n) is 22.9. The summed E-state index contributed by atoms with van der Waals surface area (Å²) in [5.74, 6) is 0. The molecule has 61 heavy (non-hydrogen) atoms. The first-order valence-corrected chi connectivity index (χ1v) is 23.6. The van der Waals surface area contributed by atoms with Crippen molar-refractivity contribution in [3.63, 3.8) is 0 Å². The molecular weight excluding hydrogens is 756 g/mol. The molecule has 4 heteroatoms. The lowest BCUT2D eigenvalue weighted by Crippen LogP contribution is -2.62. The maximum atomic E-state index is 2.75. The smallest absolute Gasteiger partial charge is 0.254 e. The van der Waals surface area contributed by atoms with E-state index >= 15 is 0 Å². The zero-order chi connectivity index (χ0) is 42.9. The highest BCUT2D eigenvalue weighted by Gasteiger charge is 2.50. The molecule has 0 amide bonds. The summed E-state index contributed by atoms with van der Waals surface area (Å²) in [4.78, 5) is 5.40. The van der Waals surface area contributed by atoms with Gasteiger partial charge >= 0.3 is 0 Å². The highest BCUT2D eigenvalue weighted by Crippen LogP contribution is 2.55. The molecule has 11 rings (SSSR count). The average Bonchev–Trinajstić information content (AvgIpc) is 3.66. The number of hydrogen-bond acceptors (Lipinski definition) is 3. The monoisotopic (exact) mass is 816 g/mol. The summed E-state index contributed by atoms with van der Waals surface area (Å²) in [6, 6.07) is 38.7. The van der Waals surface area contributed by atoms with Gasteiger partial charge in [-0.15, -0.1) is 11.3 Å². The lowest BCUT2D eigenvalue weighted by molar-refractivity contribution is 0.332. The molecule has 0 radical (unpaired) electrons. The topological polar surface area (TPSA) is 6.48 Å². The molecule has 4 aliphatic rings. The molecule has 0 N–H and O–H groups in total. The Bertz CT molecular complexity index is 3040. The van der Waals surface area contributed by atoms with Gasteiger partial charge in [-0.1, -0.05) is 131 Å². The summed E-state index contributed by atoms with van der Waals surface area (Å²) >= 11 is 1.98. The number of hydrogen-bond donors (Lipinski definition) is 0. The Morgan fingerprint density at radius 3 is 1.75 bits per heavy atom. The third-order valence-corrected chi connectivity index (χ3v) is 16.9. The molecule has 0 atom stereocenters. The molecule has 7 aromatic rings. The number of aryl methyl sites for hydroxylation is 2. The fourth-order valence-electron chi connectivity index (χ4n) is 12.4. The van der Waals surface area contributed by atoms with Crippen molar-refractivity contribution >= 4 is 88.7 Å². The van der Waals surface area contributed by atoms with E-state index in [9.17, 15) is 0 Å². The summed E-state index contributed by atoms with van der Waals surface area (Å²) in [6.07, 6.45) is 3.53. The second-order valence-corrected chi connectivity index (χ2v) is 23.9. The van der Waals surface area contributed by atoms with Crippen LogP contribution in [0.15, 0.2) is 97.1 Å². The maximum Gasteiger partial charge on any atom is 0.254 e. The standard InChI is InChI=1S/C57H61BN2S/c1-33-18-14-16-20-43(33)59-44-23-22-37-36-19-15-17-21-49(36)61-52(37)51(44)58-42-29-39-41(57(12,13)32-56(39,10)11)31-46(42)60(48-28-35(53(3,4)5)27-47(59)50(48)58)45-30-40-38(26-34(45)2)54(6,7)24-25-55(40,8)9/h14-23,26-31H,24-25,32H2,1-13H3. The molecule has 2 aliphatic heterocycles. The lowest BCUT2D eigenvalue weighted by atomic mass is 9.33. The van der Waals surface area contributed by atoms with E-state index in [2.05, 4.69) is 197 Å². The molecule has 2 nitrogen and oxygen atoms in total. The normalized spacial score (nSPS) is 18.8. The number of para-hydroxylation sites is 1. The third-order valence-electron chi connectivity index (χ3n) is 15.7. The number of benzene rings is 6. The summed E-state index contributed by atoms with van der Waals surface area (Å²) in [5.41, 5.74) is 22.5. The molecule has 0 saturated heterocycles. The molecule has 2 aliphatic carbocycles. The summed E-state index contributed by atoms with van der Waals surface area (Å²) in [5, 5.41) is 2.72. The number of rotatable bonds is 2. The van der Waals surface area contributed by atoms with Crippen LogP contribution in [0.3, 0.4) is 0 Å². The van der Waals surface area contributed by atoms with E-state index in [0.717, 1.165) is 6.42 Å². The van der Waals surface area contributed by atoms with Gasteiger partial charge in [0.05, 0.1) is 0 Å². The Labute approximate surface area is 369 Å². The fourth-order valence-corrected chi connectivity index (χ4v) is 13.7. The average molecular weight is 817 g/mol. The van der Waals surface area contributed by atoms with Crippen molar-refractivity contribution in [3.05, 3.63) is 136 Å². The van der Waals surface area contributed by atoms with Crippen LogP contribution in [-0.2, 0) is 27.1 Å². The Hall–Kier alpha value is -4.80. The molecule has 1 aromatic heterocycles. The predicted octanol–water partition coefficient (Wildman–Crippen LogP) is 14.4. The van der Waals surface area contributed by atoms with Gasteiger partial charge in [0.25, 0.3) is 6.71 Å². The van der Waals surface area contributed by atoms with E-state index in [4.69, 9.17) is 0 Å². The van der Waals surface area contributed by atoms with E-state index in [1.807, 2.05) is 11.3 Å². The Balaban J connectivity index is 1.33. The van der Waals surface area contributed by atoms with E-state index in [0.29, 0.717) is 0 Å². The molecule has 308 valence electrons. The maximum absolute atomic E-state index is 2.75. The van der Waals surface area contributed by atoms with Crippen LogP contribution in [0.5, 0.6) is 0 Å². The van der Waals surface area contributed by atoms with Crippen LogP contribution >= 0.6 is 11.3 Å². The second kappa shape index (κ2) is 12.4. The SMILES string of the molecule is Cc1cc2c(cc1N1c3cc4c(cc3B3c5c1cc(C(C)(C)C)cc5N(c1ccccc1C)c1ccc5c(sc6ccccc65)c13)C(C)(C)CC4(C)C)C(C)(C)CCC2(C)C. The van der Waals surface area contributed by atoms with E-state index < -0.39 is 0 Å². The van der Waals surface area contributed by atoms with Crippen LogP contribution in [0.1, 0.15) is 134 Å². The van der Waals surface area contributed by atoms with Crippen LogP contribution in [0.4, 0.5) is 34.1 Å². The summed E-state index contributed by atoms with van der Waals surface area (Å²) < 4.78 is 2.76.